The number of aromatic nitrogens is 2. The lowest BCUT2D eigenvalue weighted by molar-refractivity contribution is 0.0491. The van der Waals surface area contributed by atoms with Crippen LogP contribution in [-0.4, -0.2) is 46.8 Å². The van der Waals surface area contributed by atoms with Gasteiger partial charge in [-0.3, -0.25) is 0 Å². The average molecular weight is 495 g/mol. The monoisotopic (exact) mass is 494 g/mol. The van der Waals surface area contributed by atoms with E-state index in [9.17, 15) is 14.0 Å². The second-order valence-electron chi connectivity index (χ2n) is 9.96. The summed E-state index contributed by atoms with van der Waals surface area (Å²) < 4.78 is 23.8. The van der Waals surface area contributed by atoms with Crippen LogP contribution >= 0.6 is 0 Å². The second-order valence-corrected chi connectivity index (χ2v) is 9.96. The van der Waals surface area contributed by atoms with E-state index in [0.29, 0.717) is 28.1 Å². The van der Waals surface area contributed by atoms with E-state index >= 15 is 0 Å². The molecule has 3 aromatic rings. The SMILES string of the molecule is COC(=O)c1ccc2nc(-c3ccc(F)cc3)c(N[C@H]3CC[C@H](NC(=O)OC(C)(C)C)CC3)nc2c1. The van der Waals surface area contributed by atoms with Crippen molar-refractivity contribution in [2.24, 2.45) is 0 Å². The Hall–Kier alpha value is -3.75. The third-order valence-corrected chi connectivity index (χ3v) is 5.99. The Kier molecular flexibility index (Phi) is 7.37. The number of benzene rings is 2. The Morgan fingerprint density at radius 2 is 1.61 bits per heavy atom. The van der Waals surface area contributed by atoms with Gasteiger partial charge in [0.15, 0.2) is 5.82 Å². The third kappa shape index (κ3) is 6.27. The molecule has 0 radical (unpaired) electrons. The first-order valence-corrected chi connectivity index (χ1v) is 12.0. The van der Waals surface area contributed by atoms with E-state index in [-0.39, 0.29) is 17.9 Å². The maximum atomic E-state index is 13.6. The fourth-order valence-corrected chi connectivity index (χ4v) is 4.26. The quantitative estimate of drug-likeness (QED) is 0.454. The summed E-state index contributed by atoms with van der Waals surface area (Å²) in [7, 11) is 1.33. The third-order valence-electron chi connectivity index (χ3n) is 5.99. The molecule has 9 heteroatoms. The van der Waals surface area contributed by atoms with E-state index in [2.05, 4.69) is 10.6 Å². The Morgan fingerprint density at radius 1 is 0.944 bits per heavy atom. The van der Waals surface area contributed by atoms with Crippen LogP contribution in [0.3, 0.4) is 0 Å². The zero-order valence-corrected chi connectivity index (χ0v) is 20.9. The molecule has 0 saturated heterocycles. The lowest BCUT2D eigenvalue weighted by Crippen LogP contribution is -2.42. The van der Waals surface area contributed by atoms with Gasteiger partial charge in [-0.15, -0.1) is 0 Å². The van der Waals surface area contributed by atoms with Crippen LogP contribution in [0.5, 0.6) is 0 Å². The van der Waals surface area contributed by atoms with Gasteiger partial charge >= 0.3 is 12.1 Å². The molecule has 36 heavy (non-hydrogen) atoms. The number of rotatable bonds is 5. The van der Waals surface area contributed by atoms with Crippen molar-refractivity contribution in [1.82, 2.24) is 15.3 Å². The van der Waals surface area contributed by atoms with E-state index in [1.165, 1.54) is 19.2 Å². The van der Waals surface area contributed by atoms with Gasteiger partial charge in [-0.1, -0.05) is 0 Å². The molecule has 0 aliphatic heterocycles. The molecule has 4 rings (SSSR count). The number of nitrogens with one attached hydrogen (secondary N) is 2. The first kappa shape index (κ1) is 25.3. The van der Waals surface area contributed by atoms with Crippen LogP contribution in [0, 0.1) is 5.82 Å². The molecule has 190 valence electrons. The molecule has 1 heterocycles. The molecule has 1 saturated carbocycles. The molecule has 1 amide bonds. The average Bonchev–Trinajstić information content (AvgIpc) is 2.83. The van der Waals surface area contributed by atoms with Crippen molar-refractivity contribution in [3.8, 4) is 11.3 Å². The number of hydrogen-bond donors (Lipinski definition) is 2. The highest BCUT2D eigenvalue weighted by Crippen LogP contribution is 2.30. The molecular formula is C27H31FN4O4. The van der Waals surface area contributed by atoms with Gasteiger partial charge in [0.2, 0.25) is 0 Å². The number of hydrogen-bond acceptors (Lipinski definition) is 7. The molecule has 0 atom stereocenters. The summed E-state index contributed by atoms with van der Waals surface area (Å²) in [5.41, 5.74) is 2.33. The number of esters is 1. The largest absolute Gasteiger partial charge is 0.465 e. The fourth-order valence-electron chi connectivity index (χ4n) is 4.26. The molecular weight excluding hydrogens is 463 g/mol. The zero-order chi connectivity index (χ0) is 25.9. The standard InChI is InChI=1S/C27H31FN4O4/c1-27(2,3)36-26(34)30-20-12-10-19(11-13-20)29-24-23(16-5-8-18(28)9-6-16)31-21-14-7-17(25(33)35-4)15-22(21)32-24/h5-9,14-15,19-20H,10-13H2,1-4H3,(H,29,32)(H,30,34)/t19-,20-. The molecule has 1 aliphatic carbocycles. The molecule has 1 aliphatic rings. The Bertz CT molecular complexity index is 1250. The first-order chi connectivity index (χ1) is 17.1. The molecule has 0 spiro atoms. The molecule has 2 aromatic carbocycles. The molecule has 1 fully saturated rings. The van der Waals surface area contributed by atoms with Gasteiger partial charge in [0.05, 0.1) is 23.7 Å². The molecule has 8 nitrogen and oxygen atoms in total. The van der Waals surface area contributed by atoms with E-state index in [4.69, 9.17) is 19.4 Å². The van der Waals surface area contributed by atoms with E-state index in [0.717, 1.165) is 31.2 Å². The number of ether oxygens (including phenoxy) is 2. The van der Waals surface area contributed by atoms with Gasteiger partial charge in [-0.2, -0.15) is 0 Å². The maximum absolute atomic E-state index is 13.6. The number of carbonyl (C=O) groups excluding carboxylic acids is 2. The molecule has 0 bridgehead atoms. The number of carbonyl (C=O) groups is 2. The van der Waals surface area contributed by atoms with Crippen LogP contribution in [0.2, 0.25) is 0 Å². The van der Waals surface area contributed by atoms with Crippen molar-refractivity contribution in [3.63, 3.8) is 0 Å². The maximum Gasteiger partial charge on any atom is 0.407 e. The van der Waals surface area contributed by atoms with Crippen molar-refractivity contribution >= 4 is 28.9 Å². The Balaban J connectivity index is 1.55. The smallest absolute Gasteiger partial charge is 0.407 e. The van der Waals surface area contributed by atoms with Crippen LogP contribution in [0.1, 0.15) is 56.8 Å². The summed E-state index contributed by atoms with van der Waals surface area (Å²) in [6.45, 7) is 5.51. The van der Waals surface area contributed by atoms with Crippen LogP contribution in [0.4, 0.5) is 15.0 Å². The fraction of sp³-hybridized carbons (Fsp3) is 0.407. The number of fused-ring (bicyclic) bond motifs is 1. The van der Waals surface area contributed by atoms with Crippen LogP contribution in [-0.2, 0) is 9.47 Å². The first-order valence-electron chi connectivity index (χ1n) is 12.0. The predicted molar refractivity (Wildman–Crippen MR) is 135 cm³/mol. The number of anilines is 1. The number of amides is 1. The minimum Gasteiger partial charge on any atom is -0.465 e. The highest BCUT2D eigenvalue weighted by Gasteiger charge is 2.26. The second kappa shape index (κ2) is 10.5. The number of methoxy groups -OCH3 is 1. The highest BCUT2D eigenvalue weighted by atomic mass is 19.1. The highest BCUT2D eigenvalue weighted by molar-refractivity contribution is 5.94. The van der Waals surface area contributed by atoms with Gasteiger partial charge in [-0.25, -0.2) is 23.9 Å². The normalized spacial score (nSPS) is 17.9. The Morgan fingerprint density at radius 3 is 2.25 bits per heavy atom. The van der Waals surface area contributed by atoms with Gasteiger partial charge in [0, 0.05) is 17.6 Å². The van der Waals surface area contributed by atoms with E-state index < -0.39 is 17.7 Å². The number of halogens is 1. The van der Waals surface area contributed by atoms with Crippen LogP contribution in [0.15, 0.2) is 42.5 Å². The van der Waals surface area contributed by atoms with Gasteiger partial charge in [0.25, 0.3) is 0 Å². The summed E-state index contributed by atoms with van der Waals surface area (Å²) in [6, 6.07) is 11.3. The van der Waals surface area contributed by atoms with Crippen molar-refractivity contribution in [3.05, 3.63) is 53.8 Å². The minimum atomic E-state index is -0.540. The van der Waals surface area contributed by atoms with Crippen LogP contribution in [0.25, 0.3) is 22.3 Å². The van der Waals surface area contributed by atoms with E-state index in [1.54, 1.807) is 30.3 Å². The lowest BCUT2D eigenvalue weighted by atomic mass is 9.91. The summed E-state index contributed by atoms with van der Waals surface area (Å²) in [6.07, 6.45) is 2.79. The molecule has 1 aromatic heterocycles. The number of nitrogens with zero attached hydrogens (tertiary/aromatic N) is 2. The van der Waals surface area contributed by atoms with E-state index in [1.807, 2.05) is 20.8 Å². The van der Waals surface area contributed by atoms with Gasteiger partial charge < -0.3 is 20.1 Å². The zero-order valence-electron chi connectivity index (χ0n) is 20.9. The van der Waals surface area contributed by atoms with Gasteiger partial charge in [0.1, 0.15) is 17.1 Å². The summed E-state index contributed by atoms with van der Waals surface area (Å²) in [4.78, 5) is 33.7. The van der Waals surface area contributed by atoms with Crippen molar-refractivity contribution in [1.29, 1.82) is 0 Å². The Labute approximate surface area is 209 Å². The summed E-state index contributed by atoms with van der Waals surface area (Å²) in [5, 5.41) is 6.45. The van der Waals surface area contributed by atoms with Gasteiger partial charge in [-0.05, 0) is 88.9 Å². The topological polar surface area (TPSA) is 102 Å². The molecule has 2 N–H and O–H groups in total. The van der Waals surface area contributed by atoms with Crippen molar-refractivity contribution in [2.45, 2.75) is 64.1 Å². The number of alkyl carbamates (subject to hydrolysis) is 1. The molecule has 0 unspecified atom stereocenters. The van der Waals surface area contributed by atoms with Crippen molar-refractivity contribution < 1.29 is 23.5 Å². The summed E-state index contributed by atoms with van der Waals surface area (Å²) in [5.74, 6) is -0.230. The van der Waals surface area contributed by atoms with Crippen molar-refractivity contribution in [2.75, 3.05) is 12.4 Å². The lowest BCUT2D eigenvalue weighted by Gasteiger charge is -2.31. The predicted octanol–water partition coefficient (Wildman–Crippen LogP) is 5.47. The summed E-state index contributed by atoms with van der Waals surface area (Å²) >= 11 is 0. The van der Waals surface area contributed by atoms with Crippen LogP contribution < -0.4 is 10.6 Å². The minimum absolute atomic E-state index is 0.0415.